The minimum absolute atomic E-state index is 0.124. The summed E-state index contributed by atoms with van der Waals surface area (Å²) in [6.45, 7) is 0.557. The van der Waals surface area contributed by atoms with Gasteiger partial charge in [-0.05, 0) is 30.2 Å². The Morgan fingerprint density at radius 3 is 2.56 bits per heavy atom. The first-order valence-electron chi connectivity index (χ1n) is 10.3. The van der Waals surface area contributed by atoms with E-state index in [0.29, 0.717) is 13.0 Å². The molecule has 0 spiro atoms. The van der Waals surface area contributed by atoms with Crippen LogP contribution in [-0.4, -0.2) is 62.0 Å². The van der Waals surface area contributed by atoms with Crippen molar-refractivity contribution in [2.75, 3.05) is 26.2 Å². The first kappa shape index (κ1) is 22.0. The van der Waals surface area contributed by atoms with Gasteiger partial charge in [-0.15, -0.1) is 0 Å². The molecule has 1 saturated heterocycles. The molecule has 1 aliphatic heterocycles. The quantitative estimate of drug-likeness (QED) is 0.458. The molecule has 2 aromatic carbocycles. The van der Waals surface area contributed by atoms with E-state index in [1.54, 1.807) is 18.2 Å². The highest BCUT2D eigenvalue weighted by Crippen LogP contribution is 2.22. The highest BCUT2D eigenvalue weighted by molar-refractivity contribution is 7.89. The Hall–Kier alpha value is -3.21. The molecule has 3 N–H and O–H groups in total. The largest absolute Gasteiger partial charge is 0.361 e. The molecule has 3 aromatic rings. The maximum Gasteiger partial charge on any atom is 0.309 e. The van der Waals surface area contributed by atoms with Crippen LogP contribution in [0.15, 0.2) is 65.7 Å². The van der Waals surface area contributed by atoms with E-state index in [4.69, 9.17) is 4.74 Å². The molecule has 1 atom stereocenters. The van der Waals surface area contributed by atoms with Gasteiger partial charge in [0.15, 0.2) is 0 Å². The van der Waals surface area contributed by atoms with Crippen molar-refractivity contribution >= 4 is 32.7 Å². The molecule has 0 unspecified atom stereocenters. The second-order valence-corrected chi connectivity index (χ2v) is 9.22. The summed E-state index contributed by atoms with van der Waals surface area (Å²) in [5.41, 5.74) is 2.06. The van der Waals surface area contributed by atoms with E-state index in [2.05, 4.69) is 15.6 Å². The van der Waals surface area contributed by atoms with E-state index in [9.17, 15) is 18.0 Å². The first-order valence-corrected chi connectivity index (χ1v) is 11.7. The number of nitrogens with zero attached hydrogens (tertiary/aromatic N) is 1. The van der Waals surface area contributed by atoms with E-state index in [0.717, 1.165) is 16.5 Å². The van der Waals surface area contributed by atoms with Crippen molar-refractivity contribution in [3.63, 3.8) is 0 Å². The van der Waals surface area contributed by atoms with Gasteiger partial charge in [0, 0.05) is 30.2 Å². The number of fused-ring (bicyclic) bond motifs is 1. The van der Waals surface area contributed by atoms with E-state index >= 15 is 0 Å². The lowest BCUT2D eigenvalue weighted by atomic mass is 10.1. The maximum atomic E-state index is 12.8. The Morgan fingerprint density at radius 2 is 1.75 bits per heavy atom. The summed E-state index contributed by atoms with van der Waals surface area (Å²) in [5.74, 6) is -1.61. The zero-order chi connectivity index (χ0) is 22.6. The monoisotopic (exact) mass is 456 g/mol. The van der Waals surface area contributed by atoms with E-state index < -0.39 is 28.1 Å². The fourth-order valence-corrected chi connectivity index (χ4v) is 5.19. The zero-order valence-electron chi connectivity index (χ0n) is 17.3. The molecule has 0 saturated carbocycles. The molecular weight excluding hydrogens is 432 g/mol. The average Bonchev–Trinajstić information content (AvgIpc) is 3.45. The number of aromatic amines is 1. The molecule has 2 amide bonds. The molecule has 9 nitrogen and oxygen atoms in total. The molecule has 0 radical (unpaired) electrons. The van der Waals surface area contributed by atoms with Gasteiger partial charge in [0.1, 0.15) is 6.23 Å². The van der Waals surface area contributed by atoms with Gasteiger partial charge < -0.3 is 20.4 Å². The molecule has 32 heavy (non-hydrogen) atoms. The number of aromatic nitrogens is 1. The van der Waals surface area contributed by atoms with Crippen LogP contribution in [0.25, 0.3) is 10.9 Å². The number of para-hydroxylation sites is 1. The lowest BCUT2D eigenvalue weighted by Crippen LogP contribution is -2.47. The molecule has 4 rings (SSSR count). The summed E-state index contributed by atoms with van der Waals surface area (Å²) in [7, 11) is -3.76. The Bertz CT molecular complexity index is 1210. The number of hydrogen-bond donors (Lipinski definition) is 3. The third-order valence-corrected chi connectivity index (χ3v) is 7.19. The number of rotatable bonds is 7. The van der Waals surface area contributed by atoms with Crippen molar-refractivity contribution in [3.05, 3.63) is 66.4 Å². The number of H-pyrrole nitrogens is 1. The van der Waals surface area contributed by atoms with Gasteiger partial charge in [-0.25, -0.2) is 8.42 Å². The van der Waals surface area contributed by atoms with E-state index in [1.165, 1.54) is 16.4 Å². The van der Waals surface area contributed by atoms with Gasteiger partial charge in [-0.1, -0.05) is 36.4 Å². The molecule has 1 fully saturated rings. The Morgan fingerprint density at radius 1 is 1.03 bits per heavy atom. The van der Waals surface area contributed by atoms with Crippen molar-refractivity contribution in [1.29, 1.82) is 0 Å². The summed E-state index contributed by atoms with van der Waals surface area (Å²) in [6.07, 6.45) is 1.58. The van der Waals surface area contributed by atoms with Gasteiger partial charge >= 0.3 is 11.8 Å². The van der Waals surface area contributed by atoms with Crippen molar-refractivity contribution in [1.82, 2.24) is 19.9 Å². The SMILES string of the molecule is O=C(NCCc1c[nH]c2ccccc12)C(=O)NC[C@@H]1OCCN1S(=O)(=O)c1ccccc1. The molecule has 2 heterocycles. The lowest BCUT2D eigenvalue weighted by Gasteiger charge is -2.22. The van der Waals surface area contributed by atoms with Crippen LogP contribution < -0.4 is 10.6 Å². The standard InChI is InChI=1S/C22H24N4O5S/c27-21(23-11-10-16-14-24-19-9-5-4-8-18(16)19)22(28)25-15-20-26(12-13-31-20)32(29,30)17-6-2-1-3-7-17/h1-9,14,20,24H,10-13,15H2,(H,23,27)(H,25,28)/t20-/m0/s1. The smallest absolute Gasteiger partial charge is 0.309 e. The van der Waals surface area contributed by atoms with Crippen molar-refractivity contribution < 1.29 is 22.7 Å². The number of ether oxygens (including phenoxy) is 1. The van der Waals surface area contributed by atoms with Gasteiger partial charge in [0.05, 0.1) is 18.0 Å². The van der Waals surface area contributed by atoms with Crippen LogP contribution in [0.2, 0.25) is 0 Å². The van der Waals surface area contributed by atoms with Crippen molar-refractivity contribution in [2.45, 2.75) is 17.5 Å². The topological polar surface area (TPSA) is 121 Å². The maximum absolute atomic E-state index is 12.8. The number of amides is 2. The fraction of sp³-hybridized carbons (Fsp3) is 0.273. The second-order valence-electron chi connectivity index (χ2n) is 7.33. The number of carbonyl (C=O) groups is 2. The molecule has 10 heteroatoms. The minimum atomic E-state index is -3.76. The molecule has 1 aliphatic rings. The first-order chi connectivity index (χ1) is 15.5. The average molecular weight is 457 g/mol. The molecular formula is C22H24N4O5S. The number of nitrogens with one attached hydrogen (secondary N) is 3. The number of hydrogen-bond acceptors (Lipinski definition) is 5. The number of benzene rings is 2. The summed E-state index contributed by atoms with van der Waals surface area (Å²) in [4.78, 5) is 27.6. The van der Waals surface area contributed by atoms with Gasteiger partial charge in [-0.2, -0.15) is 4.31 Å². The van der Waals surface area contributed by atoms with Crippen LogP contribution in [0, 0.1) is 0 Å². The zero-order valence-corrected chi connectivity index (χ0v) is 18.1. The molecule has 0 bridgehead atoms. The van der Waals surface area contributed by atoms with Gasteiger partial charge in [-0.3, -0.25) is 9.59 Å². The van der Waals surface area contributed by atoms with Gasteiger partial charge in [0.2, 0.25) is 10.0 Å². The normalized spacial score (nSPS) is 16.8. The summed E-state index contributed by atoms with van der Waals surface area (Å²) < 4.78 is 32.3. The number of sulfonamides is 1. The Balaban J connectivity index is 1.27. The fourth-order valence-electron chi connectivity index (χ4n) is 3.66. The van der Waals surface area contributed by atoms with Crippen LogP contribution in [0.1, 0.15) is 5.56 Å². The molecule has 1 aromatic heterocycles. The Kier molecular flexibility index (Phi) is 6.54. The lowest BCUT2D eigenvalue weighted by molar-refractivity contribution is -0.139. The summed E-state index contributed by atoms with van der Waals surface area (Å²) >= 11 is 0. The second kappa shape index (κ2) is 9.51. The van der Waals surface area contributed by atoms with Crippen LogP contribution in [-0.2, 0) is 30.8 Å². The van der Waals surface area contributed by atoms with Crippen LogP contribution >= 0.6 is 0 Å². The highest BCUT2D eigenvalue weighted by atomic mass is 32.2. The highest BCUT2D eigenvalue weighted by Gasteiger charge is 2.36. The summed E-state index contributed by atoms with van der Waals surface area (Å²) in [6, 6.07) is 15.9. The van der Waals surface area contributed by atoms with Crippen LogP contribution in [0.4, 0.5) is 0 Å². The number of carbonyl (C=O) groups excluding carboxylic acids is 2. The third-order valence-electron chi connectivity index (χ3n) is 5.29. The molecule has 168 valence electrons. The Labute approximate surface area is 185 Å². The van der Waals surface area contributed by atoms with E-state index in [-0.39, 0.29) is 24.6 Å². The van der Waals surface area contributed by atoms with Crippen molar-refractivity contribution in [3.8, 4) is 0 Å². The molecule has 0 aliphatic carbocycles. The third kappa shape index (κ3) is 4.67. The van der Waals surface area contributed by atoms with Crippen molar-refractivity contribution in [2.24, 2.45) is 0 Å². The van der Waals surface area contributed by atoms with Gasteiger partial charge in [0.25, 0.3) is 0 Å². The predicted molar refractivity (Wildman–Crippen MR) is 118 cm³/mol. The van der Waals surface area contributed by atoms with Crippen LogP contribution in [0.3, 0.4) is 0 Å². The predicted octanol–water partition coefficient (Wildman–Crippen LogP) is 0.990. The summed E-state index contributed by atoms with van der Waals surface area (Å²) in [5, 5.41) is 6.13. The van der Waals surface area contributed by atoms with Crippen LogP contribution in [0.5, 0.6) is 0 Å². The minimum Gasteiger partial charge on any atom is -0.361 e. The van der Waals surface area contributed by atoms with E-state index in [1.807, 2.05) is 30.5 Å².